The molecule has 11 heteroatoms. The molecule has 2 aliphatic rings. The van der Waals surface area contributed by atoms with E-state index in [4.69, 9.17) is 0 Å². The molecule has 0 saturated heterocycles. The second-order valence-electron chi connectivity index (χ2n) is 10.3. The number of halogens is 3. The van der Waals surface area contributed by atoms with Crippen LogP contribution in [-0.2, 0) is 16.4 Å². The van der Waals surface area contributed by atoms with E-state index in [0.29, 0.717) is 37.1 Å². The molecule has 1 fully saturated rings. The minimum atomic E-state index is -4.11. The monoisotopic (exact) mass is 553 g/mol. The average molecular weight is 554 g/mol. The number of rotatable bonds is 8. The summed E-state index contributed by atoms with van der Waals surface area (Å²) in [7, 11) is -3.35. The van der Waals surface area contributed by atoms with Crippen molar-refractivity contribution in [2.24, 2.45) is 11.8 Å². The van der Waals surface area contributed by atoms with Crippen LogP contribution in [0.4, 0.5) is 13.2 Å². The van der Waals surface area contributed by atoms with Crippen LogP contribution >= 0.6 is 0 Å². The molecule has 2 aromatic rings. The highest BCUT2D eigenvalue weighted by molar-refractivity contribution is 7.91. The number of amides is 1. The molecule has 38 heavy (non-hydrogen) atoms. The van der Waals surface area contributed by atoms with E-state index < -0.39 is 33.9 Å². The third-order valence-electron chi connectivity index (χ3n) is 7.89. The number of nitrogens with zero attached hydrogens (tertiary/aromatic N) is 2. The molecule has 1 saturated carbocycles. The summed E-state index contributed by atoms with van der Waals surface area (Å²) >= 11 is 0. The van der Waals surface area contributed by atoms with Crippen molar-refractivity contribution in [2.75, 3.05) is 18.9 Å². The molecule has 1 aliphatic carbocycles. The normalized spacial score (nSPS) is 23.2. The summed E-state index contributed by atoms with van der Waals surface area (Å²) in [6, 6.07) is 7.14. The van der Waals surface area contributed by atoms with Crippen LogP contribution in [0.15, 0.2) is 41.4 Å². The molecule has 1 aromatic carbocycles. The van der Waals surface area contributed by atoms with Crippen LogP contribution in [0.1, 0.15) is 78.8 Å². The number of nitrogens with one attached hydrogen (secondary N) is 1. The number of aliphatic hydroxyl groups is 1. The first-order valence-electron chi connectivity index (χ1n) is 13.0. The number of fused-ring (bicyclic) bond motifs is 1. The van der Waals surface area contributed by atoms with Gasteiger partial charge in [0.2, 0.25) is 0 Å². The van der Waals surface area contributed by atoms with Crippen LogP contribution in [0.25, 0.3) is 0 Å². The van der Waals surface area contributed by atoms with Gasteiger partial charge < -0.3 is 10.4 Å². The van der Waals surface area contributed by atoms with E-state index in [1.807, 2.05) is 6.92 Å². The van der Waals surface area contributed by atoms with Crippen LogP contribution in [0.2, 0.25) is 0 Å². The summed E-state index contributed by atoms with van der Waals surface area (Å²) in [4.78, 5) is 19.9. The zero-order valence-corrected chi connectivity index (χ0v) is 22.4. The predicted octanol–water partition coefficient (Wildman–Crippen LogP) is 4.58. The number of carbonyl (C=O) groups is 1. The van der Waals surface area contributed by atoms with Crippen molar-refractivity contribution in [1.29, 1.82) is 0 Å². The number of benzene rings is 1. The Bertz CT molecular complexity index is 1240. The van der Waals surface area contributed by atoms with E-state index in [-0.39, 0.29) is 42.1 Å². The van der Waals surface area contributed by atoms with Crippen molar-refractivity contribution in [1.82, 2.24) is 15.2 Å². The van der Waals surface area contributed by atoms with Crippen molar-refractivity contribution in [3.8, 4) is 0 Å². The lowest BCUT2D eigenvalue weighted by molar-refractivity contribution is -0.184. The van der Waals surface area contributed by atoms with E-state index in [1.165, 1.54) is 18.3 Å². The summed E-state index contributed by atoms with van der Waals surface area (Å²) in [6.45, 7) is 4.48. The maximum Gasteiger partial charge on any atom is 0.391 e. The van der Waals surface area contributed by atoms with Crippen LogP contribution in [-0.4, -0.2) is 54.4 Å². The average Bonchev–Trinajstić information content (AvgIpc) is 3.21. The van der Waals surface area contributed by atoms with Crippen molar-refractivity contribution in [3.63, 3.8) is 0 Å². The number of aromatic nitrogens is 1. The molecule has 0 unspecified atom stereocenters. The van der Waals surface area contributed by atoms with Gasteiger partial charge in [-0.25, -0.2) is 8.42 Å². The fourth-order valence-electron chi connectivity index (χ4n) is 5.45. The number of alkyl halides is 3. The zero-order chi connectivity index (χ0) is 27.7. The van der Waals surface area contributed by atoms with Gasteiger partial charge in [-0.15, -0.1) is 0 Å². The van der Waals surface area contributed by atoms with Gasteiger partial charge in [0.15, 0.2) is 9.84 Å². The molecule has 1 aliphatic heterocycles. The molecular weight excluding hydrogens is 519 g/mol. The highest BCUT2D eigenvalue weighted by Crippen LogP contribution is 2.41. The molecule has 7 nitrogen and oxygen atoms in total. The lowest BCUT2D eigenvalue weighted by atomic mass is 9.81. The van der Waals surface area contributed by atoms with E-state index in [1.54, 1.807) is 25.1 Å². The Morgan fingerprint density at radius 2 is 1.84 bits per heavy atom. The Kier molecular flexibility index (Phi) is 8.49. The fourth-order valence-corrected chi connectivity index (χ4v) is 6.34. The van der Waals surface area contributed by atoms with Gasteiger partial charge in [0, 0.05) is 25.3 Å². The Hall–Kier alpha value is -2.50. The van der Waals surface area contributed by atoms with E-state index >= 15 is 0 Å². The Labute approximate surface area is 221 Å². The Morgan fingerprint density at radius 3 is 2.42 bits per heavy atom. The SMILES string of the molecule is CCS(=O)(=O)c1ccc([C@H](CO)NC(=O)c2cnc3c(c2)CN(CC2CCC(C(F)(F)F)CC2)[C@@H]3C)cc1. The molecule has 1 aromatic heterocycles. The van der Waals surface area contributed by atoms with Crippen LogP contribution in [0.3, 0.4) is 0 Å². The van der Waals surface area contributed by atoms with Gasteiger partial charge in [0.25, 0.3) is 5.91 Å². The van der Waals surface area contributed by atoms with Crippen LogP contribution < -0.4 is 5.32 Å². The van der Waals surface area contributed by atoms with Gasteiger partial charge in [0.05, 0.1) is 40.5 Å². The topological polar surface area (TPSA) is 99.6 Å². The van der Waals surface area contributed by atoms with Gasteiger partial charge in [-0.1, -0.05) is 19.1 Å². The van der Waals surface area contributed by atoms with Crippen LogP contribution in [0.5, 0.6) is 0 Å². The molecule has 2 N–H and O–H groups in total. The molecule has 0 spiro atoms. The van der Waals surface area contributed by atoms with E-state index in [9.17, 15) is 31.5 Å². The standard InChI is InChI=1S/C27H34F3N3O4S/c1-3-38(36,37)23-10-6-19(7-11-23)24(16-34)32-26(35)20-12-21-15-33(17(2)25(21)31-13-20)14-18-4-8-22(9-5-18)27(28,29)30/h6-7,10-13,17-18,22,24,34H,3-5,8-9,14-16H2,1-2H3,(H,32,35)/t17-,18?,22?,24+/m1/s1. The molecule has 0 radical (unpaired) electrons. The number of sulfone groups is 1. The molecule has 2 heterocycles. The lowest BCUT2D eigenvalue weighted by Crippen LogP contribution is -2.33. The highest BCUT2D eigenvalue weighted by Gasteiger charge is 2.42. The third-order valence-corrected chi connectivity index (χ3v) is 9.64. The van der Waals surface area contributed by atoms with E-state index in [0.717, 1.165) is 11.3 Å². The summed E-state index contributed by atoms with van der Waals surface area (Å²) in [5, 5.41) is 12.7. The fraction of sp³-hybridized carbons (Fsp3) is 0.556. The van der Waals surface area contributed by atoms with Gasteiger partial charge in [-0.05, 0) is 67.9 Å². The molecular formula is C27H34F3N3O4S. The molecule has 0 bridgehead atoms. The second-order valence-corrected chi connectivity index (χ2v) is 12.6. The van der Waals surface area contributed by atoms with Crippen molar-refractivity contribution >= 4 is 15.7 Å². The van der Waals surface area contributed by atoms with Crippen molar-refractivity contribution in [2.45, 2.75) is 69.2 Å². The summed E-state index contributed by atoms with van der Waals surface area (Å²) < 4.78 is 63.1. The zero-order valence-electron chi connectivity index (χ0n) is 21.5. The highest BCUT2D eigenvalue weighted by atomic mass is 32.2. The summed E-state index contributed by atoms with van der Waals surface area (Å²) in [5.74, 6) is -1.43. The smallest absolute Gasteiger partial charge is 0.391 e. The number of hydrogen-bond donors (Lipinski definition) is 2. The minimum Gasteiger partial charge on any atom is -0.394 e. The Morgan fingerprint density at radius 1 is 1.18 bits per heavy atom. The van der Waals surface area contributed by atoms with Crippen LogP contribution in [0, 0.1) is 11.8 Å². The largest absolute Gasteiger partial charge is 0.394 e. The van der Waals surface area contributed by atoms with Gasteiger partial charge in [-0.3, -0.25) is 14.7 Å². The molecule has 2 atom stereocenters. The lowest BCUT2D eigenvalue weighted by Gasteiger charge is -2.33. The molecule has 208 valence electrons. The molecule has 4 rings (SSSR count). The number of carbonyl (C=O) groups excluding carboxylic acids is 1. The number of pyridine rings is 1. The third kappa shape index (κ3) is 6.21. The minimum absolute atomic E-state index is 0.00514. The first-order valence-corrected chi connectivity index (χ1v) is 14.6. The number of hydrogen-bond acceptors (Lipinski definition) is 6. The number of aliphatic hydroxyl groups excluding tert-OH is 1. The summed E-state index contributed by atoms with van der Waals surface area (Å²) in [6.07, 6.45) is -1.16. The van der Waals surface area contributed by atoms with Gasteiger partial charge >= 0.3 is 6.18 Å². The predicted molar refractivity (Wildman–Crippen MR) is 136 cm³/mol. The quantitative estimate of drug-likeness (QED) is 0.497. The first-order chi connectivity index (χ1) is 17.9. The van der Waals surface area contributed by atoms with Gasteiger partial charge in [-0.2, -0.15) is 13.2 Å². The maximum atomic E-state index is 13.0. The van der Waals surface area contributed by atoms with Crippen molar-refractivity contribution < 1.29 is 31.5 Å². The summed E-state index contributed by atoms with van der Waals surface area (Å²) in [5.41, 5.74) is 2.68. The Balaban J connectivity index is 1.38. The maximum absolute atomic E-state index is 13.0. The molecule has 1 amide bonds. The second kappa shape index (κ2) is 11.3. The first kappa shape index (κ1) is 28.5. The van der Waals surface area contributed by atoms with Gasteiger partial charge in [0.1, 0.15) is 0 Å². The van der Waals surface area contributed by atoms with Crippen molar-refractivity contribution in [3.05, 3.63) is 58.9 Å². The van der Waals surface area contributed by atoms with E-state index in [2.05, 4.69) is 15.2 Å².